The number of carbonyl (C=O) groups is 1. The van der Waals surface area contributed by atoms with Gasteiger partial charge in [0.25, 0.3) is 0 Å². The summed E-state index contributed by atoms with van der Waals surface area (Å²) in [6.45, 7) is 4.84. The molecule has 1 heterocycles. The van der Waals surface area contributed by atoms with E-state index in [0.29, 0.717) is 6.61 Å². The maximum atomic E-state index is 10.9. The van der Waals surface area contributed by atoms with Crippen LogP contribution in [0.25, 0.3) is 11.6 Å². The molecule has 0 saturated carbocycles. The first-order valence-corrected chi connectivity index (χ1v) is 12.5. The lowest BCUT2D eigenvalue weighted by Crippen LogP contribution is -2.43. The highest BCUT2D eigenvalue weighted by atomic mass is 16.5. The van der Waals surface area contributed by atoms with Crippen LogP contribution in [0.5, 0.6) is 5.75 Å². The molecule has 37 heavy (non-hydrogen) atoms. The van der Waals surface area contributed by atoms with Crippen LogP contribution >= 0.6 is 0 Å². The zero-order chi connectivity index (χ0) is 26.4. The first-order chi connectivity index (χ1) is 17.9. The Balaban J connectivity index is 1.81. The summed E-state index contributed by atoms with van der Waals surface area (Å²) in [6.07, 6.45) is 6.84. The lowest BCUT2D eigenvalue weighted by Gasteiger charge is -2.44. The minimum absolute atomic E-state index is 0.0278. The molecular weight excluding hydrogens is 462 g/mol. The first kappa shape index (κ1) is 25.8. The highest BCUT2D eigenvalue weighted by Gasteiger charge is 2.33. The van der Waals surface area contributed by atoms with E-state index in [1.165, 1.54) is 17.3 Å². The highest BCUT2D eigenvalue weighted by molar-refractivity contribution is 6.08. The average Bonchev–Trinajstić information content (AvgIpc) is 2.90. The maximum Gasteiger partial charge on any atom is 0.328 e. The topological polar surface area (TPSA) is 85.7 Å². The summed E-state index contributed by atoms with van der Waals surface area (Å²) in [6, 6.07) is 23.0. The molecule has 190 valence electrons. The van der Waals surface area contributed by atoms with Crippen LogP contribution < -0.4 is 15.0 Å². The second-order valence-corrected chi connectivity index (χ2v) is 9.07. The Bertz CT molecular complexity index is 1310. The smallest absolute Gasteiger partial charge is 0.328 e. The molecule has 3 N–H and O–H groups in total. The Morgan fingerprint density at radius 3 is 2.49 bits per heavy atom. The van der Waals surface area contributed by atoms with Gasteiger partial charge in [-0.1, -0.05) is 42.5 Å². The summed E-state index contributed by atoms with van der Waals surface area (Å²) in [5.41, 5.74) is 7.40. The van der Waals surface area contributed by atoms with Gasteiger partial charge in [0.2, 0.25) is 0 Å². The number of benzene rings is 3. The van der Waals surface area contributed by atoms with Crippen LogP contribution in [0.4, 0.5) is 5.69 Å². The van der Waals surface area contributed by atoms with Crippen LogP contribution in [-0.4, -0.2) is 37.0 Å². The maximum absolute atomic E-state index is 10.9. The van der Waals surface area contributed by atoms with Gasteiger partial charge in [0.1, 0.15) is 5.75 Å². The molecule has 0 radical (unpaired) electrons. The van der Waals surface area contributed by atoms with Gasteiger partial charge in [-0.25, -0.2) is 4.79 Å². The SMILES string of the molecule is CCOc1ccc(N2C(C)Cc3cc(/C(C=N)=C/NC)ccc3C2c2ccc(/C=C/C(=O)O)cc2)cc1. The minimum atomic E-state index is -0.965. The summed E-state index contributed by atoms with van der Waals surface area (Å²) in [5, 5.41) is 19.8. The molecule has 0 bridgehead atoms. The van der Waals surface area contributed by atoms with Gasteiger partial charge in [-0.3, -0.25) is 0 Å². The van der Waals surface area contributed by atoms with E-state index < -0.39 is 5.97 Å². The van der Waals surface area contributed by atoms with Crippen molar-refractivity contribution in [3.05, 3.63) is 107 Å². The lowest BCUT2D eigenvalue weighted by molar-refractivity contribution is -0.131. The second-order valence-electron chi connectivity index (χ2n) is 9.07. The molecule has 2 atom stereocenters. The average molecular weight is 496 g/mol. The Hall–Kier alpha value is -4.32. The predicted octanol–water partition coefficient (Wildman–Crippen LogP) is 5.93. The van der Waals surface area contributed by atoms with E-state index in [2.05, 4.69) is 59.6 Å². The summed E-state index contributed by atoms with van der Waals surface area (Å²) in [7, 11) is 1.84. The van der Waals surface area contributed by atoms with Crippen LogP contribution in [0.1, 0.15) is 47.7 Å². The van der Waals surface area contributed by atoms with Crippen molar-refractivity contribution in [2.24, 2.45) is 0 Å². The molecule has 3 aromatic rings. The first-order valence-electron chi connectivity index (χ1n) is 12.5. The molecule has 0 aromatic heterocycles. The monoisotopic (exact) mass is 495 g/mol. The molecule has 6 nitrogen and oxygen atoms in total. The molecule has 1 aliphatic heterocycles. The van der Waals surface area contributed by atoms with E-state index in [-0.39, 0.29) is 12.1 Å². The van der Waals surface area contributed by atoms with E-state index in [9.17, 15) is 4.79 Å². The summed E-state index contributed by atoms with van der Waals surface area (Å²) >= 11 is 0. The number of hydrogen-bond donors (Lipinski definition) is 3. The number of anilines is 1. The largest absolute Gasteiger partial charge is 0.494 e. The third-order valence-electron chi connectivity index (χ3n) is 6.61. The van der Waals surface area contributed by atoms with Crippen LogP contribution in [0.15, 0.2) is 79.0 Å². The Kier molecular flexibility index (Phi) is 8.08. The number of nitrogens with one attached hydrogen (secondary N) is 2. The summed E-state index contributed by atoms with van der Waals surface area (Å²) < 4.78 is 5.67. The Morgan fingerprint density at radius 2 is 1.86 bits per heavy atom. The standard InChI is InChI=1S/C31H33N3O3/c1-4-37-28-13-11-27(12-14-28)34-21(2)17-25-18-24(26(19-32)20-33-3)10-15-29(25)31(34)23-8-5-22(6-9-23)7-16-30(35)36/h5-16,18-21,31-33H,4,17H2,1-3H3,(H,35,36)/b16-7+,26-20+,32-19?. The number of ether oxygens (including phenoxy) is 1. The van der Waals surface area contributed by atoms with Gasteiger partial charge in [-0.05, 0) is 78.4 Å². The normalized spacial score (nSPS) is 17.4. The number of fused-ring (bicyclic) bond motifs is 1. The van der Waals surface area contributed by atoms with Crippen molar-refractivity contribution < 1.29 is 14.6 Å². The van der Waals surface area contributed by atoms with E-state index >= 15 is 0 Å². The minimum Gasteiger partial charge on any atom is -0.494 e. The molecule has 0 spiro atoms. The fourth-order valence-corrected chi connectivity index (χ4v) is 5.00. The summed E-state index contributed by atoms with van der Waals surface area (Å²) in [4.78, 5) is 13.4. The summed E-state index contributed by atoms with van der Waals surface area (Å²) in [5.74, 6) is -0.115. The number of hydrogen-bond acceptors (Lipinski definition) is 5. The fourth-order valence-electron chi connectivity index (χ4n) is 5.00. The van der Waals surface area contributed by atoms with Crippen LogP contribution in [0, 0.1) is 5.41 Å². The molecule has 0 saturated heterocycles. The zero-order valence-corrected chi connectivity index (χ0v) is 21.4. The molecule has 1 aliphatic rings. The zero-order valence-electron chi connectivity index (χ0n) is 21.4. The van der Waals surface area contributed by atoms with Gasteiger partial charge in [-0.15, -0.1) is 0 Å². The van der Waals surface area contributed by atoms with E-state index in [1.54, 1.807) is 6.08 Å². The Labute approximate surface area is 218 Å². The predicted molar refractivity (Wildman–Crippen MR) is 150 cm³/mol. The van der Waals surface area contributed by atoms with Crippen molar-refractivity contribution in [2.75, 3.05) is 18.6 Å². The van der Waals surface area contributed by atoms with E-state index in [4.69, 9.17) is 15.3 Å². The quantitative estimate of drug-likeness (QED) is 0.253. The number of carboxylic acid groups (broad SMARTS) is 1. The number of rotatable bonds is 9. The van der Waals surface area contributed by atoms with Gasteiger partial charge < -0.3 is 25.5 Å². The fraction of sp³-hybridized carbons (Fsp3) is 0.226. The van der Waals surface area contributed by atoms with Gasteiger partial charge in [0.15, 0.2) is 0 Å². The van der Waals surface area contributed by atoms with Gasteiger partial charge in [0.05, 0.1) is 12.6 Å². The van der Waals surface area contributed by atoms with Gasteiger partial charge in [-0.2, -0.15) is 0 Å². The third-order valence-corrected chi connectivity index (χ3v) is 6.61. The van der Waals surface area contributed by atoms with E-state index in [0.717, 1.165) is 46.2 Å². The molecule has 6 heteroatoms. The van der Waals surface area contributed by atoms with Crippen molar-refractivity contribution in [3.8, 4) is 5.75 Å². The molecule has 4 rings (SSSR count). The number of allylic oxidation sites excluding steroid dienone is 1. The van der Waals surface area contributed by atoms with Gasteiger partial charge in [0, 0.05) is 42.8 Å². The third kappa shape index (κ3) is 5.75. The van der Waals surface area contributed by atoms with Crippen LogP contribution in [0.2, 0.25) is 0 Å². The van der Waals surface area contributed by atoms with Gasteiger partial charge >= 0.3 is 5.97 Å². The van der Waals surface area contributed by atoms with Crippen molar-refractivity contribution >= 4 is 29.5 Å². The van der Waals surface area contributed by atoms with E-state index in [1.807, 2.05) is 44.4 Å². The van der Waals surface area contributed by atoms with Crippen molar-refractivity contribution in [1.82, 2.24) is 5.32 Å². The molecular formula is C31H33N3O3. The van der Waals surface area contributed by atoms with Crippen molar-refractivity contribution in [3.63, 3.8) is 0 Å². The lowest BCUT2D eigenvalue weighted by atomic mass is 9.83. The molecule has 0 aliphatic carbocycles. The number of nitrogens with zero attached hydrogens (tertiary/aromatic N) is 1. The van der Waals surface area contributed by atoms with Crippen molar-refractivity contribution in [1.29, 1.82) is 5.41 Å². The second kappa shape index (κ2) is 11.6. The van der Waals surface area contributed by atoms with Crippen LogP contribution in [-0.2, 0) is 11.2 Å². The molecule has 2 unspecified atom stereocenters. The number of carboxylic acids is 1. The Morgan fingerprint density at radius 1 is 1.14 bits per heavy atom. The van der Waals surface area contributed by atoms with Crippen molar-refractivity contribution in [2.45, 2.75) is 32.4 Å². The molecule has 3 aromatic carbocycles. The number of aliphatic carboxylic acids is 1. The molecule has 0 fully saturated rings. The highest BCUT2D eigenvalue weighted by Crippen LogP contribution is 2.42. The molecule has 0 amide bonds. The van der Waals surface area contributed by atoms with Crippen LogP contribution in [0.3, 0.4) is 0 Å².